The molecular formula is C13H15FN2O2. The summed E-state index contributed by atoms with van der Waals surface area (Å²) in [5, 5.41) is 0. The van der Waals surface area contributed by atoms with Crippen molar-refractivity contribution in [3.8, 4) is 0 Å². The van der Waals surface area contributed by atoms with E-state index in [2.05, 4.69) is 0 Å². The largest absolute Gasteiger partial charge is 0.309 e. The number of hydrogen-bond acceptors (Lipinski definition) is 3. The number of halogens is 1. The highest BCUT2D eigenvalue weighted by atomic mass is 19.1. The number of nitrogens with zero attached hydrogens (tertiary/aromatic N) is 2. The Balaban J connectivity index is 2.19. The highest BCUT2D eigenvalue weighted by Gasteiger charge is 2.35. The highest BCUT2D eigenvalue weighted by molar-refractivity contribution is 6.52. The maximum absolute atomic E-state index is 13.2. The van der Waals surface area contributed by atoms with Gasteiger partial charge in [-0.2, -0.15) is 0 Å². The lowest BCUT2D eigenvalue weighted by atomic mass is 10.1. The molecule has 0 unspecified atom stereocenters. The summed E-state index contributed by atoms with van der Waals surface area (Å²) in [7, 11) is 3.87. The molecule has 96 valence electrons. The number of ketones is 1. The fourth-order valence-electron chi connectivity index (χ4n) is 2.03. The van der Waals surface area contributed by atoms with Crippen molar-refractivity contribution in [2.24, 2.45) is 0 Å². The lowest BCUT2D eigenvalue weighted by molar-refractivity contribution is -0.114. The van der Waals surface area contributed by atoms with Gasteiger partial charge in [-0.3, -0.25) is 9.59 Å². The summed E-state index contributed by atoms with van der Waals surface area (Å²) in [6, 6.07) is 3.82. The van der Waals surface area contributed by atoms with Gasteiger partial charge in [-0.05, 0) is 45.3 Å². The standard InChI is InChI=1S/C13H15FN2O2/c1-15(2)6-3-7-16-11-8-9(14)4-5-10(11)12(17)13(16)18/h4-5,8H,3,6-7H2,1-2H3. The minimum absolute atomic E-state index is 0.297. The molecule has 0 spiro atoms. The summed E-state index contributed by atoms with van der Waals surface area (Å²) >= 11 is 0. The molecular weight excluding hydrogens is 235 g/mol. The third kappa shape index (κ3) is 2.26. The van der Waals surface area contributed by atoms with Crippen molar-refractivity contribution in [3.63, 3.8) is 0 Å². The van der Waals surface area contributed by atoms with E-state index in [0.717, 1.165) is 13.0 Å². The Morgan fingerprint density at radius 2 is 2.00 bits per heavy atom. The molecule has 0 saturated heterocycles. The van der Waals surface area contributed by atoms with Crippen LogP contribution >= 0.6 is 0 Å². The number of Topliss-reactive ketones (excluding diaryl/α,β-unsaturated/α-hetero) is 1. The van der Waals surface area contributed by atoms with E-state index in [-0.39, 0.29) is 0 Å². The topological polar surface area (TPSA) is 40.6 Å². The van der Waals surface area contributed by atoms with E-state index in [4.69, 9.17) is 0 Å². The molecule has 0 fully saturated rings. The second kappa shape index (κ2) is 4.86. The van der Waals surface area contributed by atoms with Gasteiger partial charge in [-0.1, -0.05) is 0 Å². The zero-order chi connectivity index (χ0) is 13.3. The highest BCUT2D eigenvalue weighted by Crippen LogP contribution is 2.29. The Morgan fingerprint density at radius 1 is 1.28 bits per heavy atom. The first kappa shape index (κ1) is 12.7. The van der Waals surface area contributed by atoms with Gasteiger partial charge in [0.1, 0.15) is 5.82 Å². The summed E-state index contributed by atoms with van der Waals surface area (Å²) in [4.78, 5) is 26.8. The Hall–Kier alpha value is -1.75. The van der Waals surface area contributed by atoms with Crippen molar-refractivity contribution in [3.05, 3.63) is 29.6 Å². The average molecular weight is 250 g/mol. The van der Waals surface area contributed by atoms with E-state index in [1.165, 1.54) is 23.1 Å². The van der Waals surface area contributed by atoms with Gasteiger partial charge in [0.2, 0.25) is 0 Å². The zero-order valence-corrected chi connectivity index (χ0v) is 10.4. The quantitative estimate of drug-likeness (QED) is 0.756. The van der Waals surface area contributed by atoms with Crippen molar-refractivity contribution in [2.45, 2.75) is 6.42 Å². The Bertz CT molecular complexity index is 500. The fourth-order valence-corrected chi connectivity index (χ4v) is 2.03. The molecule has 0 saturated carbocycles. The molecule has 4 nitrogen and oxygen atoms in total. The van der Waals surface area contributed by atoms with Gasteiger partial charge in [-0.15, -0.1) is 0 Å². The monoisotopic (exact) mass is 250 g/mol. The number of hydrogen-bond donors (Lipinski definition) is 0. The molecule has 5 heteroatoms. The molecule has 0 atom stereocenters. The minimum Gasteiger partial charge on any atom is -0.309 e. The third-order valence-electron chi connectivity index (χ3n) is 2.92. The normalized spacial score (nSPS) is 14.6. The molecule has 1 aromatic carbocycles. The van der Waals surface area contributed by atoms with E-state index < -0.39 is 17.5 Å². The minimum atomic E-state index is -0.561. The second-order valence-corrected chi connectivity index (χ2v) is 4.60. The molecule has 0 aliphatic carbocycles. The molecule has 1 aliphatic rings. The van der Waals surface area contributed by atoms with Crippen molar-refractivity contribution in [1.29, 1.82) is 0 Å². The van der Waals surface area contributed by atoms with E-state index in [9.17, 15) is 14.0 Å². The van der Waals surface area contributed by atoms with Crippen LogP contribution in [0.15, 0.2) is 18.2 Å². The predicted octanol–water partition coefficient (Wildman–Crippen LogP) is 1.31. The summed E-state index contributed by atoms with van der Waals surface area (Å²) in [5.74, 6) is -1.54. The van der Waals surface area contributed by atoms with Crippen molar-refractivity contribution in [1.82, 2.24) is 4.90 Å². The fraction of sp³-hybridized carbons (Fsp3) is 0.385. The van der Waals surface area contributed by atoms with Gasteiger partial charge < -0.3 is 9.80 Å². The first-order valence-corrected chi connectivity index (χ1v) is 5.81. The number of carbonyl (C=O) groups excluding carboxylic acids is 2. The molecule has 0 aromatic heterocycles. The first-order chi connectivity index (χ1) is 8.50. The van der Waals surface area contributed by atoms with Crippen molar-refractivity contribution < 1.29 is 14.0 Å². The number of amides is 1. The molecule has 0 bridgehead atoms. The summed E-state index contributed by atoms with van der Waals surface area (Å²) in [6.45, 7) is 1.24. The molecule has 0 radical (unpaired) electrons. The SMILES string of the molecule is CN(C)CCCN1C(=O)C(=O)c2ccc(F)cc21. The smallest absolute Gasteiger partial charge is 0.299 e. The van der Waals surface area contributed by atoms with Crippen molar-refractivity contribution in [2.75, 3.05) is 32.1 Å². The lowest BCUT2D eigenvalue weighted by Gasteiger charge is -2.17. The van der Waals surface area contributed by atoms with Gasteiger partial charge >= 0.3 is 0 Å². The average Bonchev–Trinajstić information content (AvgIpc) is 2.53. The molecule has 18 heavy (non-hydrogen) atoms. The van der Waals surface area contributed by atoms with E-state index in [1.54, 1.807) is 0 Å². The van der Waals surface area contributed by atoms with Crippen LogP contribution in [0.5, 0.6) is 0 Å². The van der Waals surface area contributed by atoms with Gasteiger partial charge in [0.15, 0.2) is 0 Å². The second-order valence-electron chi connectivity index (χ2n) is 4.60. The molecule has 1 heterocycles. The van der Waals surface area contributed by atoms with Gasteiger partial charge in [0.05, 0.1) is 11.3 Å². The van der Waals surface area contributed by atoms with Crippen LogP contribution in [0.4, 0.5) is 10.1 Å². The maximum Gasteiger partial charge on any atom is 0.299 e. The predicted molar refractivity (Wildman–Crippen MR) is 66.3 cm³/mol. The van der Waals surface area contributed by atoms with E-state index >= 15 is 0 Å². The van der Waals surface area contributed by atoms with Crippen LogP contribution < -0.4 is 4.90 Å². The molecule has 1 aliphatic heterocycles. The summed E-state index contributed by atoms with van der Waals surface area (Å²) < 4.78 is 13.2. The molecule has 2 rings (SSSR count). The van der Waals surface area contributed by atoms with Crippen LogP contribution in [0.3, 0.4) is 0 Å². The third-order valence-corrected chi connectivity index (χ3v) is 2.92. The van der Waals surface area contributed by atoms with Gasteiger partial charge in [0.25, 0.3) is 11.7 Å². The van der Waals surface area contributed by atoms with E-state index in [0.29, 0.717) is 17.8 Å². The Morgan fingerprint density at radius 3 is 2.67 bits per heavy atom. The Kier molecular flexibility index (Phi) is 3.43. The van der Waals surface area contributed by atoms with Crippen LogP contribution in [0.2, 0.25) is 0 Å². The number of benzene rings is 1. The number of carbonyl (C=O) groups is 2. The number of anilines is 1. The summed E-state index contributed by atoms with van der Waals surface area (Å²) in [5.41, 5.74) is 0.690. The molecule has 1 aromatic rings. The zero-order valence-electron chi connectivity index (χ0n) is 10.4. The first-order valence-electron chi connectivity index (χ1n) is 5.81. The van der Waals surface area contributed by atoms with Gasteiger partial charge in [0, 0.05) is 6.54 Å². The van der Waals surface area contributed by atoms with Crippen LogP contribution in [0.1, 0.15) is 16.8 Å². The van der Waals surface area contributed by atoms with Crippen LogP contribution in [-0.4, -0.2) is 43.8 Å². The van der Waals surface area contributed by atoms with E-state index in [1.807, 2.05) is 19.0 Å². The van der Waals surface area contributed by atoms with Crippen LogP contribution in [-0.2, 0) is 4.79 Å². The Labute approximate surface area is 105 Å². The molecule has 0 N–H and O–H groups in total. The maximum atomic E-state index is 13.2. The molecule has 1 amide bonds. The van der Waals surface area contributed by atoms with Crippen LogP contribution in [0.25, 0.3) is 0 Å². The lowest BCUT2D eigenvalue weighted by Crippen LogP contribution is -2.32. The van der Waals surface area contributed by atoms with Gasteiger partial charge in [-0.25, -0.2) is 4.39 Å². The van der Waals surface area contributed by atoms with Crippen LogP contribution in [0, 0.1) is 5.82 Å². The van der Waals surface area contributed by atoms with Crippen molar-refractivity contribution >= 4 is 17.4 Å². The number of fused-ring (bicyclic) bond motifs is 1. The summed E-state index contributed by atoms with van der Waals surface area (Å²) in [6.07, 6.45) is 0.738. The number of rotatable bonds is 4.